The molecule has 2 heteroatoms. The number of rotatable bonds is 3. The van der Waals surface area contributed by atoms with E-state index in [9.17, 15) is 5.11 Å². The lowest BCUT2D eigenvalue weighted by atomic mass is 10.0. The number of aliphatic hydroxyl groups is 1. The van der Waals surface area contributed by atoms with Gasteiger partial charge in [-0.25, -0.2) is 0 Å². The van der Waals surface area contributed by atoms with Crippen LogP contribution in [0.2, 0.25) is 0 Å². The van der Waals surface area contributed by atoms with E-state index in [1.165, 1.54) is 0 Å². The second-order valence-corrected chi connectivity index (χ2v) is 2.51. The third kappa shape index (κ3) is 2.48. The van der Waals surface area contributed by atoms with Crippen molar-refractivity contribution in [2.24, 2.45) is 0 Å². The number of ether oxygens (including phenoxy) is 1. The number of methoxy groups -OCH3 is 1. The molecule has 0 bridgehead atoms. The molecule has 0 saturated carbocycles. The molecular formula is C9H13O2. The van der Waals surface area contributed by atoms with Gasteiger partial charge in [-0.3, -0.25) is 0 Å². The minimum Gasteiger partial charge on any atom is -0.386 e. The Kier molecular flexibility index (Phi) is 3.33. The van der Waals surface area contributed by atoms with Crippen molar-refractivity contribution >= 4 is 0 Å². The molecule has 1 unspecified atom stereocenters. The van der Waals surface area contributed by atoms with Crippen LogP contribution < -0.4 is 0 Å². The average molecular weight is 153 g/mol. The molecule has 0 aliphatic heterocycles. The lowest BCUT2D eigenvalue weighted by Gasteiger charge is -2.14. The van der Waals surface area contributed by atoms with E-state index >= 15 is 0 Å². The molecule has 0 amide bonds. The van der Waals surface area contributed by atoms with Crippen LogP contribution >= 0.6 is 0 Å². The zero-order chi connectivity index (χ0) is 8.10. The van der Waals surface area contributed by atoms with Crippen molar-refractivity contribution in [3.05, 3.63) is 30.2 Å². The molecule has 61 valence electrons. The van der Waals surface area contributed by atoms with E-state index in [-0.39, 0.29) is 0 Å². The van der Waals surface area contributed by atoms with Gasteiger partial charge < -0.3 is 9.84 Å². The molecule has 0 fully saturated rings. The molecule has 2 nitrogen and oxygen atoms in total. The molecule has 1 atom stereocenters. The van der Waals surface area contributed by atoms with Crippen molar-refractivity contribution in [3.63, 3.8) is 0 Å². The zero-order valence-electron chi connectivity index (χ0n) is 6.66. The van der Waals surface area contributed by atoms with Crippen LogP contribution in [-0.4, -0.2) is 24.9 Å². The lowest BCUT2D eigenvalue weighted by Crippen LogP contribution is -2.17. The molecule has 0 spiro atoms. The van der Waals surface area contributed by atoms with Gasteiger partial charge in [-0.15, -0.1) is 0 Å². The van der Waals surface area contributed by atoms with Crippen LogP contribution in [0.1, 0.15) is 6.42 Å². The van der Waals surface area contributed by atoms with Crippen molar-refractivity contribution in [1.29, 1.82) is 0 Å². The highest BCUT2D eigenvalue weighted by Crippen LogP contribution is 2.14. The van der Waals surface area contributed by atoms with Crippen molar-refractivity contribution in [3.8, 4) is 0 Å². The quantitative estimate of drug-likeness (QED) is 0.657. The normalized spacial score (nSPS) is 19.6. The van der Waals surface area contributed by atoms with E-state index in [0.29, 0.717) is 6.61 Å². The summed E-state index contributed by atoms with van der Waals surface area (Å²) in [6, 6.07) is 0. The Morgan fingerprint density at radius 3 is 3.09 bits per heavy atom. The first-order valence-electron chi connectivity index (χ1n) is 3.71. The fourth-order valence-electron chi connectivity index (χ4n) is 1.03. The minimum absolute atomic E-state index is 0.371. The first-order valence-corrected chi connectivity index (χ1v) is 3.71. The number of allylic oxidation sites excluding steroid dienone is 3. The largest absolute Gasteiger partial charge is 0.386 e. The van der Waals surface area contributed by atoms with Gasteiger partial charge in [0.1, 0.15) is 0 Å². The van der Waals surface area contributed by atoms with Crippen LogP contribution in [0.25, 0.3) is 0 Å². The Morgan fingerprint density at radius 2 is 2.55 bits per heavy atom. The van der Waals surface area contributed by atoms with Gasteiger partial charge in [0.25, 0.3) is 0 Å². The minimum atomic E-state index is -0.468. The van der Waals surface area contributed by atoms with Crippen molar-refractivity contribution in [2.75, 3.05) is 13.7 Å². The van der Waals surface area contributed by atoms with Crippen LogP contribution in [0.5, 0.6) is 0 Å². The van der Waals surface area contributed by atoms with E-state index in [1.54, 1.807) is 7.11 Å². The van der Waals surface area contributed by atoms with Gasteiger partial charge in [-0.05, 0) is 18.4 Å². The molecule has 1 N–H and O–H groups in total. The van der Waals surface area contributed by atoms with Crippen LogP contribution in [0.3, 0.4) is 0 Å². The van der Waals surface area contributed by atoms with E-state index in [1.807, 2.05) is 24.6 Å². The fraction of sp³-hybridized carbons (Fsp3) is 0.444. The van der Waals surface area contributed by atoms with Crippen LogP contribution in [0, 0.1) is 6.42 Å². The summed E-state index contributed by atoms with van der Waals surface area (Å²) in [5.74, 6) is 0. The lowest BCUT2D eigenvalue weighted by molar-refractivity contribution is 0.0872. The Balaban J connectivity index is 2.44. The summed E-state index contributed by atoms with van der Waals surface area (Å²) in [7, 11) is 1.59. The monoisotopic (exact) mass is 153 g/mol. The number of hydrogen-bond donors (Lipinski definition) is 1. The smallest absolute Gasteiger partial charge is 0.0989 e. The van der Waals surface area contributed by atoms with Gasteiger partial charge in [0.2, 0.25) is 0 Å². The molecule has 0 aromatic carbocycles. The topological polar surface area (TPSA) is 29.5 Å². The summed E-state index contributed by atoms with van der Waals surface area (Å²) in [6.07, 6.45) is 8.35. The molecule has 1 aliphatic rings. The summed E-state index contributed by atoms with van der Waals surface area (Å²) in [4.78, 5) is 0. The summed E-state index contributed by atoms with van der Waals surface area (Å²) >= 11 is 0. The van der Waals surface area contributed by atoms with E-state index < -0.39 is 6.10 Å². The van der Waals surface area contributed by atoms with Crippen molar-refractivity contribution in [1.82, 2.24) is 0 Å². The molecule has 1 aliphatic carbocycles. The van der Waals surface area contributed by atoms with Gasteiger partial charge in [-0.2, -0.15) is 0 Å². The molecule has 0 aromatic heterocycles. The fourth-order valence-corrected chi connectivity index (χ4v) is 1.03. The maximum absolute atomic E-state index is 9.42. The number of aliphatic hydroxyl groups excluding tert-OH is 1. The predicted molar refractivity (Wildman–Crippen MR) is 44.0 cm³/mol. The summed E-state index contributed by atoms with van der Waals surface area (Å²) < 4.78 is 4.82. The van der Waals surface area contributed by atoms with Crippen LogP contribution in [0.15, 0.2) is 23.8 Å². The molecule has 1 radical (unpaired) electrons. The Hall–Kier alpha value is -0.600. The highest BCUT2D eigenvalue weighted by Gasteiger charge is 2.10. The van der Waals surface area contributed by atoms with E-state index in [0.717, 1.165) is 12.0 Å². The second kappa shape index (κ2) is 4.31. The first-order chi connectivity index (χ1) is 5.34. The van der Waals surface area contributed by atoms with E-state index in [2.05, 4.69) is 0 Å². The van der Waals surface area contributed by atoms with Gasteiger partial charge >= 0.3 is 0 Å². The Bertz CT molecular complexity index is 170. The zero-order valence-corrected chi connectivity index (χ0v) is 6.66. The average Bonchev–Trinajstić information content (AvgIpc) is 2.07. The summed E-state index contributed by atoms with van der Waals surface area (Å²) in [6.45, 7) is 0.371. The Labute approximate surface area is 67.2 Å². The number of hydrogen-bond acceptors (Lipinski definition) is 2. The third-order valence-electron chi connectivity index (χ3n) is 1.62. The molecule has 1 rings (SSSR count). The first kappa shape index (κ1) is 8.50. The molecular weight excluding hydrogens is 140 g/mol. The summed E-state index contributed by atoms with van der Waals surface area (Å²) in [5.41, 5.74) is 0.953. The highest BCUT2D eigenvalue weighted by molar-refractivity contribution is 5.28. The highest BCUT2D eigenvalue weighted by atomic mass is 16.5. The van der Waals surface area contributed by atoms with Crippen molar-refractivity contribution in [2.45, 2.75) is 12.5 Å². The SMILES string of the molecule is COCC(O)C1=CC=CC[CH]1. The van der Waals surface area contributed by atoms with E-state index in [4.69, 9.17) is 4.74 Å². The maximum Gasteiger partial charge on any atom is 0.0989 e. The predicted octanol–water partition coefficient (Wildman–Crippen LogP) is 1.08. The van der Waals surface area contributed by atoms with Crippen molar-refractivity contribution < 1.29 is 9.84 Å². The van der Waals surface area contributed by atoms with Crippen LogP contribution in [-0.2, 0) is 4.74 Å². The molecule has 0 saturated heterocycles. The summed E-state index contributed by atoms with van der Waals surface area (Å²) in [5, 5.41) is 9.42. The molecule has 0 heterocycles. The van der Waals surface area contributed by atoms with Gasteiger partial charge in [0.05, 0.1) is 12.7 Å². The third-order valence-corrected chi connectivity index (χ3v) is 1.62. The van der Waals surface area contributed by atoms with Gasteiger partial charge in [-0.1, -0.05) is 18.2 Å². The molecule has 11 heavy (non-hydrogen) atoms. The van der Waals surface area contributed by atoms with Gasteiger partial charge in [0, 0.05) is 7.11 Å². The Morgan fingerprint density at radius 1 is 1.73 bits per heavy atom. The standard InChI is InChI=1S/C9H13O2/c1-11-7-9(10)8-5-3-2-4-6-8/h2-3,5-6,9-10H,4,7H2,1H3. The molecule has 0 aromatic rings. The van der Waals surface area contributed by atoms with Gasteiger partial charge in [0.15, 0.2) is 0 Å². The maximum atomic E-state index is 9.42. The van der Waals surface area contributed by atoms with Crippen LogP contribution in [0.4, 0.5) is 0 Å². The second-order valence-electron chi connectivity index (χ2n) is 2.51.